The number of hydrogen-bond donors (Lipinski definition) is 3. The van der Waals surface area contributed by atoms with Gasteiger partial charge in [0, 0.05) is 12.6 Å². The van der Waals surface area contributed by atoms with E-state index >= 15 is 0 Å². The Morgan fingerprint density at radius 3 is 2.50 bits per heavy atom. The Labute approximate surface area is 96.2 Å². The standard InChI is InChI=1S/C9H19N3O3S/c1-10-16(14,15)7-6-11-9(13)12-8-4-2-3-5-8/h8,10H,2-7H2,1H3,(H2,11,12,13). The number of amides is 2. The van der Waals surface area contributed by atoms with Crippen molar-refractivity contribution in [2.75, 3.05) is 19.3 Å². The van der Waals surface area contributed by atoms with Crippen molar-refractivity contribution in [1.29, 1.82) is 0 Å². The summed E-state index contributed by atoms with van der Waals surface area (Å²) in [6, 6.07) is -0.0286. The molecule has 94 valence electrons. The van der Waals surface area contributed by atoms with E-state index in [2.05, 4.69) is 15.4 Å². The molecule has 2 amide bonds. The number of rotatable bonds is 5. The predicted molar refractivity (Wildman–Crippen MR) is 61.6 cm³/mol. The minimum Gasteiger partial charge on any atom is -0.337 e. The highest BCUT2D eigenvalue weighted by molar-refractivity contribution is 7.89. The molecule has 0 aromatic heterocycles. The third kappa shape index (κ3) is 4.80. The van der Waals surface area contributed by atoms with Crippen LogP contribution in [0.2, 0.25) is 0 Å². The fraction of sp³-hybridized carbons (Fsp3) is 0.889. The summed E-state index contributed by atoms with van der Waals surface area (Å²) in [6.07, 6.45) is 4.34. The van der Waals surface area contributed by atoms with E-state index in [0.717, 1.165) is 25.7 Å². The fourth-order valence-electron chi connectivity index (χ4n) is 1.71. The third-order valence-corrected chi connectivity index (χ3v) is 4.02. The number of carbonyl (C=O) groups is 1. The minimum absolute atomic E-state index is 0.0956. The zero-order chi connectivity index (χ0) is 12.0. The molecule has 0 heterocycles. The van der Waals surface area contributed by atoms with E-state index in [-0.39, 0.29) is 24.4 Å². The van der Waals surface area contributed by atoms with E-state index in [1.165, 1.54) is 7.05 Å². The molecule has 1 rings (SSSR count). The molecule has 16 heavy (non-hydrogen) atoms. The summed E-state index contributed by atoms with van der Waals surface area (Å²) in [4.78, 5) is 11.3. The lowest BCUT2D eigenvalue weighted by Gasteiger charge is -2.12. The topological polar surface area (TPSA) is 87.3 Å². The quantitative estimate of drug-likeness (QED) is 0.629. The van der Waals surface area contributed by atoms with Gasteiger partial charge in [-0.2, -0.15) is 0 Å². The van der Waals surface area contributed by atoms with E-state index < -0.39 is 10.0 Å². The molecule has 1 aliphatic carbocycles. The van der Waals surface area contributed by atoms with Crippen LogP contribution in [0.3, 0.4) is 0 Å². The van der Waals surface area contributed by atoms with Gasteiger partial charge in [0.05, 0.1) is 5.75 Å². The monoisotopic (exact) mass is 249 g/mol. The van der Waals surface area contributed by atoms with Gasteiger partial charge in [-0.25, -0.2) is 17.9 Å². The number of carbonyl (C=O) groups excluding carboxylic acids is 1. The number of urea groups is 1. The van der Waals surface area contributed by atoms with Crippen molar-refractivity contribution in [2.24, 2.45) is 0 Å². The van der Waals surface area contributed by atoms with Gasteiger partial charge in [-0.3, -0.25) is 0 Å². The van der Waals surface area contributed by atoms with Crippen LogP contribution in [0.5, 0.6) is 0 Å². The lowest BCUT2D eigenvalue weighted by Crippen LogP contribution is -2.43. The second kappa shape index (κ2) is 6.05. The first kappa shape index (κ1) is 13.2. The summed E-state index contributed by atoms with van der Waals surface area (Å²) in [7, 11) is -1.88. The zero-order valence-electron chi connectivity index (χ0n) is 9.45. The van der Waals surface area contributed by atoms with Gasteiger partial charge in [0.25, 0.3) is 0 Å². The van der Waals surface area contributed by atoms with Crippen LogP contribution in [-0.4, -0.2) is 39.8 Å². The van der Waals surface area contributed by atoms with Gasteiger partial charge >= 0.3 is 6.03 Å². The first-order chi connectivity index (χ1) is 7.53. The SMILES string of the molecule is CNS(=O)(=O)CCNC(=O)NC1CCCC1. The zero-order valence-corrected chi connectivity index (χ0v) is 10.3. The lowest BCUT2D eigenvalue weighted by molar-refractivity contribution is 0.237. The first-order valence-corrected chi connectivity index (χ1v) is 7.14. The largest absolute Gasteiger partial charge is 0.337 e. The van der Waals surface area contributed by atoms with E-state index in [4.69, 9.17) is 0 Å². The molecule has 0 aromatic carbocycles. The van der Waals surface area contributed by atoms with Gasteiger partial charge in [-0.1, -0.05) is 12.8 Å². The Morgan fingerprint density at radius 2 is 1.94 bits per heavy atom. The van der Waals surface area contributed by atoms with Gasteiger partial charge in [-0.15, -0.1) is 0 Å². The Morgan fingerprint density at radius 1 is 1.31 bits per heavy atom. The maximum absolute atomic E-state index is 11.3. The summed E-state index contributed by atoms with van der Waals surface area (Å²) in [6.45, 7) is 0.127. The molecule has 0 aromatic rings. The van der Waals surface area contributed by atoms with Crippen molar-refractivity contribution in [1.82, 2.24) is 15.4 Å². The predicted octanol–water partition coefficient (Wildman–Crippen LogP) is -0.223. The molecule has 0 aliphatic heterocycles. The molecule has 6 nitrogen and oxygen atoms in total. The highest BCUT2D eigenvalue weighted by Crippen LogP contribution is 2.17. The van der Waals surface area contributed by atoms with Gasteiger partial charge < -0.3 is 10.6 Å². The Kier molecular flexibility index (Phi) is 5.01. The van der Waals surface area contributed by atoms with Crippen molar-refractivity contribution in [3.8, 4) is 0 Å². The molecule has 0 bridgehead atoms. The summed E-state index contributed by atoms with van der Waals surface area (Å²) in [5.41, 5.74) is 0. The summed E-state index contributed by atoms with van der Waals surface area (Å²) in [5, 5.41) is 5.35. The van der Waals surface area contributed by atoms with Gasteiger partial charge in [0.15, 0.2) is 0 Å². The van der Waals surface area contributed by atoms with Crippen LogP contribution in [-0.2, 0) is 10.0 Å². The fourth-order valence-corrected chi connectivity index (χ4v) is 2.28. The molecule has 1 saturated carbocycles. The maximum Gasteiger partial charge on any atom is 0.315 e. The average molecular weight is 249 g/mol. The minimum atomic E-state index is -3.23. The smallest absolute Gasteiger partial charge is 0.315 e. The molecule has 0 unspecified atom stereocenters. The highest BCUT2D eigenvalue weighted by Gasteiger charge is 2.17. The van der Waals surface area contributed by atoms with Crippen LogP contribution >= 0.6 is 0 Å². The normalized spacial score (nSPS) is 17.3. The van der Waals surface area contributed by atoms with Crippen LogP contribution in [0, 0.1) is 0 Å². The van der Waals surface area contributed by atoms with Crippen LogP contribution in [0.1, 0.15) is 25.7 Å². The van der Waals surface area contributed by atoms with Gasteiger partial charge in [0.1, 0.15) is 0 Å². The van der Waals surface area contributed by atoms with E-state index in [0.29, 0.717) is 0 Å². The molecular weight excluding hydrogens is 230 g/mol. The van der Waals surface area contributed by atoms with Crippen molar-refractivity contribution >= 4 is 16.1 Å². The molecular formula is C9H19N3O3S. The van der Waals surface area contributed by atoms with Crippen molar-refractivity contribution < 1.29 is 13.2 Å². The van der Waals surface area contributed by atoms with Gasteiger partial charge in [-0.05, 0) is 19.9 Å². The highest BCUT2D eigenvalue weighted by atomic mass is 32.2. The summed E-state index contributed by atoms with van der Waals surface area (Å²) < 4.78 is 24.3. The first-order valence-electron chi connectivity index (χ1n) is 5.49. The van der Waals surface area contributed by atoms with Crippen LogP contribution in [0.4, 0.5) is 4.79 Å². The molecule has 1 fully saturated rings. The van der Waals surface area contributed by atoms with E-state index in [1.54, 1.807) is 0 Å². The molecule has 7 heteroatoms. The van der Waals surface area contributed by atoms with Crippen molar-refractivity contribution in [3.05, 3.63) is 0 Å². The van der Waals surface area contributed by atoms with E-state index in [9.17, 15) is 13.2 Å². The van der Waals surface area contributed by atoms with E-state index in [1.807, 2.05) is 0 Å². The number of sulfonamides is 1. The number of nitrogens with one attached hydrogen (secondary N) is 3. The van der Waals surface area contributed by atoms with Crippen LogP contribution in [0.25, 0.3) is 0 Å². The molecule has 0 saturated heterocycles. The average Bonchev–Trinajstić information content (AvgIpc) is 2.70. The molecule has 0 radical (unpaired) electrons. The maximum atomic E-state index is 11.3. The van der Waals surface area contributed by atoms with Crippen LogP contribution < -0.4 is 15.4 Å². The lowest BCUT2D eigenvalue weighted by atomic mass is 10.3. The summed E-state index contributed by atoms with van der Waals surface area (Å²) in [5.74, 6) is -0.0956. The Bertz CT molecular complexity index is 323. The Balaban J connectivity index is 2.15. The van der Waals surface area contributed by atoms with Crippen molar-refractivity contribution in [2.45, 2.75) is 31.7 Å². The number of hydrogen-bond acceptors (Lipinski definition) is 3. The Hall–Kier alpha value is -0.820. The third-order valence-electron chi connectivity index (χ3n) is 2.66. The second-order valence-corrected chi connectivity index (χ2v) is 5.95. The molecule has 0 atom stereocenters. The van der Waals surface area contributed by atoms with Gasteiger partial charge in [0.2, 0.25) is 10.0 Å². The van der Waals surface area contributed by atoms with Crippen molar-refractivity contribution in [3.63, 3.8) is 0 Å². The molecule has 1 aliphatic rings. The second-order valence-electron chi connectivity index (χ2n) is 3.90. The summed E-state index contributed by atoms with van der Waals surface area (Å²) >= 11 is 0. The molecule has 0 spiro atoms. The molecule has 3 N–H and O–H groups in total. The van der Waals surface area contributed by atoms with Crippen LogP contribution in [0.15, 0.2) is 0 Å².